The fourth-order valence-corrected chi connectivity index (χ4v) is 13.0. The zero-order valence-electron chi connectivity index (χ0n) is 41.5. The lowest BCUT2D eigenvalue weighted by atomic mass is 10.0. The molecule has 8 heterocycles. The molecule has 1 aliphatic heterocycles. The van der Waals surface area contributed by atoms with Crippen LogP contribution in [0.25, 0.3) is 43.4 Å². The van der Waals surface area contributed by atoms with E-state index in [2.05, 4.69) is 36.6 Å². The molecule has 3 atom stereocenters. The Labute approximate surface area is 467 Å². The zero-order valence-corrected chi connectivity index (χ0v) is 46.4. The van der Waals surface area contributed by atoms with Gasteiger partial charge in [0.25, 0.3) is 17.7 Å². The average Bonchev–Trinajstić information content (AvgIpc) is 4.36. The number of carboxylic acids is 1. The van der Waals surface area contributed by atoms with E-state index in [1.807, 2.05) is 0 Å². The van der Waals surface area contributed by atoms with Crippen molar-refractivity contribution < 1.29 is 48.5 Å². The van der Waals surface area contributed by atoms with Gasteiger partial charge in [-0.05, 0) is 31.0 Å². The van der Waals surface area contributed by atoms with Crippen molar-refractivity contribution in [3.05, 3.63) is 106 Å². The van der Waals surface area contributed by atoms with Gasteiger partial charge in [-0.25, -0.2) is 34.9 Å². The standard InChI is InChI=1S/C49H45N13O10S6/c1-22-36-43(71)61-49-60-38(30(78-49)17-72-4)42(70)51-16-33(64)58-39(40(68)23-9-6-5-7-10-23)48-56-29(20-75-48)46-54-27(18-74-46)37-24(44-55-28(19-73-44)41(69)53-26(15-32(63)50-2)47(59-36)77-22)13-14-25(52-37)45-57-31(21-76-45)62(3)34(65)11-8-12-35(66)67/h5-7,9-10,13-14,18-21,26,39-40,68H,8,11-12,15-17H2,1-4H3,(H,50,63)(H,51,70)(H,53,69)(H,58,64)(H,66,67)(H,60,61,71)/t26-,39-,40-/m0/s1. The highest BCUT2D eigenvalue weighted by atomic mass is 32.1. The molecule has 0 fully saturated rings. The number of nitrogens with zero attached hydrogens (tertiary/aromatic N) is 8. The Morgan fingerprint density at radius 3 is 2.26 bits per heavy atom. The fraction of sp³-hybridized carbons (Fsp3) is 0.265. The molecule has 1 aliphatic rings. The molecule has 0 radical (unpaired) electrons. The number of methoxy groups -OCH3 is 1. The first-order valence-electron chi connectivity index (χ1n) is 23.5. The lowest BCUT2D eigenvalue weighted by Crippen LogP contribution is -2.40. The number of carbonyl (C=O) groups excluding carboxylic acids is 6. The van der Waals surface area contributed by atoms with Crippen molar-refractivity contribution in [3.63, 3.8) is 0 Å². The molecule has 9 rings (SSSR count). The second kappa shape index (κ2) is 24.4. The Kier molecular flexibility index (Phi) is 17.2. The van der Waals surface area contributed by atoms with Gasteiger partial charge in [-0.2, -0.15) is 0 Å². The minimum absolute atomic E-state index is 0.00994. The summed E-state index contributed by atoms with van der Waals surface area (Å²) in [7, 11) is 4.44. The van der Waals surface area contributed by atoms with Crippen molar-refractivity contribution in [2.75, 3.05) is 38.0 Å². The van der Waals surface area contributed by atoms with Crippen LogP contribution in [0, 0.1) is 6.92 Å². The summed E-state index contributed by atoms with van der Waals surface area (Å²) in [6.45, 7) is 1.07. The molecule has 78 heavy (non-hydrogen) atoms. The third-order valence-electron chi connectivity index (χ3n) is 11.7. The number of carbonyl (C=O) groups is 7. The summed E-state index contributed by atoms with van der Waals surface area (Å²) >= 11 is 6.90. The maximum absolute atomic E-state index is 14.2. The minimum atomic E-state index is -1.28. The van der Waals surface area contributed by atoms with Crippen molar-refractivity contribution in [1.82, 2.24) is 56.2 Å². The van der Waals surface area contributed by atoms with Crippen LogP contribution >= 0.6 is 68.0 Å². The summed E-state index contributed by atoms with van der Waals surface area (Å²) in [6, 6.07) is 10.1. The van der Waals surface area contributed by atoms with Gasteiger partial charge >= 0.3 is 5.97 Å². The number of benzene rings is 1. The number of ether oxygens (including phenoxy) is 1. The number of hydrogen-bond donors (Lipinski definition) is 7. The van der Waals surface area contributed by atoms with E-state index in [1.54, 1.807) is 78.0 Å². The summed E-state index contributed by atoms with van der Waals surface area (Å²) < 4.78 is 5.33. The number of carboxylic acid groups (broad SMARTS) is 1. The van der Waals surface area contributed by atoms with Crippen molar-refractivity contribution in [2.45, 2.75) is 57.4 Å². The lowest BCUT2D eigenvalue weighted by molar-refractivity contribution is -0.137. The first-order chi connectivity index (χ1) is 37.6. The number of rotatable bonds is 12. The van der Waals surface area contributed by atoms with Crippen LogP contribution < -0.4 is 31.5 Å². The number of aryl methyl sites for hydroxylation is 1. The molecule has 0 saturated heterocycles. The Balaban J connectivity index is 1.11. The van der Waals surface area contributed by atoms with Gasteiger partial charge in [0.1, 0.15) is 77.2 Å². The van der Waals surface area contributed by atoms with Crippen molar-refractivity contribution in [3.8, 4) is 43.4 Å². The van der Waals surface area contributed by atoms with Gasteiger partial charge in [0.2, 0.25) is 17.7 Å². The number of amides is 6. The number of thiazole rings is 6. The van der Waals surface area contributed by atoms with E-state index in [-0.39, 0.29) is 65.4 Å². The van der Waals surface area contributed by atoms with Gasteiger partial charge in [-0.1, -0.05) is 41.7 Å². The van der Waals surface area contributed by atoms with Crippen LogP contribution in [-0.4, -0.2) is 114 Å². The Bertz CT molecular complexity index is 3570. The van der Waals surface area contributed by atoms with Crippen molar-refractivity contribution in [2.24, 2.45) is 0 Å². The number of aliphatic carboxylic acids is 1. The van der Waals surface area contributed by atoms with Crippen molar-refractivity contribution >= 4 is 120 Å². The number of nitrogens with one attached hydrogen (secondary N) is 5. The van der Waals surface area contributed by atoms with Gasteiger partial charge in [-0.15, -0.1) is 56.7 Å². The predicted octanol–water partition coefficient (Wildman–Crippen LogP) is 6.65. The molecule has 0 unspecified atom stereocenters. The minimum Gasteiger partial charge on any atom is -0.481 e. The number of aromatic nitrogens is 7. The van der Waals surface area contributed by atoms with Crippen LogP contribution in [0.1, 0.15) is 101 Å². The van der Waals surface area contributed by atoms with Gasteiger partial charge < -0.3 is 36.2 Å². The fourth-order valence-electron chi connectivity index (χ4n) is 7.75. The second-order valence-corrected chi connectivity index (χ2v) is 22.9. The first-order valence-corrected chi connectivity index (χ1v) is 28.6. The van der Waals surface area contributed by atoms with Gasteiger partial charge in [0.05, 0.1) is 36.2 Å². The quantitative estimate of drug-likeness (QED) is 0.0673. The number of fused-ring (bicyclic) bond motifs is 14. The highest BCUT2D eigenvalue weighted by molar-refractivity contribution is 7.16. The molecule has 7 N–H and O–H groups in total. The maximum atomic E-state index is 14.2. The molecule has 0 saturated carbocycles. The molecule has 29 heteroatoms. The van der Waals surface area contributed by atoms with E-state index in [0.717, 1.165) is 34.0 Å². The molecule has 0 aliphatic carbocycles. The van der Waals surface area contributed by atoms with E-state index in [4.69, 9.17) is 34.8 Å². The highest BCUT2D eigenvalue weighted by Crippen LogP contribution is 2.40. The summed E-state index contributed by atoms with van der Waals surface area (Å²) in [5, 5.41) is 43.1. The molecule has 7 aromatic heterocycles. The van der Waals surface area contributed by atoms with Crippen LogP contribution in [0.2, 0.25) is 0 Å². The normalized spacial score (nSPS) is 15.4. The smallest absolute Gasteiger partial charge is 0.303 e. The lowest BCUT2D eigenvalue weighted by Gasteiger charge is -2.23. The van der Waals surface area contributed by atoms with Crippen molar-refractivity contribution in [1.29, 1.82) is 0 Å². The third-order valence-corrected chi connectivity index (χ3v) is 17.3. The summed E-state index contributed by atoms with van der Waals surface area (Å²) in [5.41, 5.74) is 2.46. The van der Waals surface area contributed by atoms with Gasteiger partial charge in [-0.3, -0.25) is 43.8 Å². The Hall–Kier alpha value is -7.64. The summed E-state index contributed by atoms with van der Waals surface area (Å²) in [4.78, 5) is 128. The predicted molar refractivity (Wildman–Crippen MR) is 295 cm³/mol. The average molecular weight is 1170 g/mol. The van der Waals surface area contributed by atoms with Crippen LogP contribution in [0.3, 0.4) is 0 Å². The Morgan fingerprint density at radius 1 is 0.756 bits per heavy atom. The topological polar surface area (TPSA) is 323 Å². The zero-order chi connectivity index (χ0) is 55.2. The van der Waals surface area contributed by atoms with E-state index >= 15 is 0 Å². The van der Waals surface area contributed by atoms with E-state index < -0.39 is 60.2 Å². The van der Waals surface area contributed by atoms with Crippen LogP contribution in [0.4, 0.5) is 10.9 Å². The van der Waals surface area contributed by atoms with Crippen LogP contribution in [0.15, 0.2) is 64.0 Å². The van der Waals surface area contributed by atoms with Gasteiger partial charge in [0, 0.05) is 66.0 Å². The third kappa shape index (κ3) is 12.5. The molecule has 23 nitrogen and oxygen atoms in total. The second-order valence-electron chi connectivity index (χ2n) is 17.1. The number of pyridine rings is 1. The highest BCUT2D eigenvalue weighted by Gasteiger charge is 2.31. The molecular formula is C49H45N13O10S6. The summed E-state index contributed by atoms with van der Waals surface area (Å²) in [6.07, 6.45) is -1.48. The molecular weight excluding hydrogens is 1120 g/mol. The molecule has 1 aromatic carbocycles. The number of aliphatic hydroxyl groups is 1. The molecule has 8 aromatic rings. The molecule has 6 amide bonds. The number of hydrogen-bond acceptors (Lipinski definition) is 22. The number of anilines is 2. The summed E-state index contributed by atoms with van der Waals surface area (Å²) in [5.74, 6) is -4.09. The first kappa shape index (κ1) is 55.1. The maximum Gasteiger partial charge on any atom is 0.303 e. The van der Waals surface area contributed by atoms with E-state index in [0.29, 0.717) is 69.5 Å². The van der Waals surface area contributed by atoms with Crippen LogP contribution in [0.5, 0.6) is 0 Å². The van der Waals surface area contributed by atoms with Gasteiger partial charge in [0.15, 0.2) is 5.13 Å². The largest absolute Gasteiger partial charge is 0.481 e. The van der Waals surface area contributed by atoms with Crippen LogP contribution in [-0.2, 0) is 30.5 Å². The van der Waals surface area contributed by atoms with E-state index in [1.165, 1.54) is 53.1 Å². The monoisotopic (exact) mass is 1170 g/mol. The number of aliphatic hydroxyl groups excluding tert-OH is 1. The van der Waals surface area contributed by atoms with E-state index in [9.17, 15) is 38.7 Å². The SMILES string of the molecule is CNC(=O)C[C@@H]1NC(=O)c2csc(n2)-c2ccc(-c3nc(N(C)C(=O)CCCC(=O)O)cs3)nc2-c2csc(n2)-c2csc(n2)[C@H]([C@@H](O)c2ccccc2)NC(=O)CNC(=O)c2nc(sc2COC)NC(=O)c2nc1sc2C. The molecule has 402 valence electrons. The molecule has 10 bridgehead atoms. The molecule has 0 spiro atoms. The Morgan fingerprint density at radius 2 is 1.49 bits per heavy atom.